The average molecular weight is 352 g/mol. The number of hydrogen-bond acceptors (Lipinski definition) is 2. The molecule has 4 aromatic rings. The Hall–Kier alpha value is -3.52. The van der Waals surface area contributed by atoms with Crippen molar-refractivity contribution in [2.75, 3.05) is 7.11 Å². The van der Waals surface area contributed by atoms with Crippen molar-refractivity contribution < 1.29 is 9.84 Å². The molecular formula is C25H20O2. The fourth-order valence-corrected chi connectivity index (χ4v) is 3.39. The van der Waals surface area contributed by atoms with Crippen LogP contribution in [0.4, 0.5) is 0 Å². The minimum atomic E-state index is 0.249. The van der Waals surface area contributed by atoms with Gasteiger partial charge in [-0.25, -0.2) is 0 Å². The highest BCUT2D eigenvalue weighted by atomic mass is 16.5. The monoisotopic (exact) mass is 352 g/mol. The zero-order valence-corrected chi connectivity index (χ0v) is 15.1. The molecule has 27 heavy (non-hydrogen) atoms. The molecule has 0 saturated heterocycles. The Morgan fingerprint density at radius 1 is 0.593 bits per heavy atom. The van der Waals surface area contributed by atoms with E-state index >= 15 is 0 Å². The van der Waals surface area contributed by atoms with Gasteiger partial charge in [0.15, 0.2) is 0 Å². The molecular weight excluding hydrogens is 332 g/mol. The number of phenols is 1. The molecule has 0 saturated carbocycles. The van der Waals surface area contributed by atoms with E-state index in [1.54, 1.807) is 7.11 Å². The van der Waals surface area contributed by atoms with E-state index in [2.05, 4.69) is 24.3 Å². The van der Waals surface area contributed by atoms with E-state index in [0.29, 0.717) is 0 Å². The summed E-state index contributed by atoms with van der Waals surface area (Å²) in [5.74, 6) is 1.06. The first-order valence-electron chi connectivity index (χ1n) is 8.88. The van der Waals surface area contributed by atoms with Gasteiger partial charge in [0.1, 0.15) is 11.5 Å². The maximum Gasteiger partial charge on any atom is 0.118 e. The van der Waals surface area contributed by atoms with Crippen LogP contribution in [0.25, 0.3) is 33.4 Å². The van der Waals surface area contributed by atoms with E-state index in [-0.39, 0.29) is 5.75 Å². The first-order valence-corrected chi connectivity index (χ1v) is 8.88. The van der Waals surface area contributed by atoms with Crippen LogP contribution in [0.1, 0.15) is 0 Å². The number of hydrogen-bond donors (Lipinski definition) is 1. The normalized spacial score (nSPS) is 10.6. The van der Waals surface area contributed by atoms with Crippen molar-refractivity contribution in [1.82, 2.24) is 0 Å². The lowest BCUT2D eigenvalue weighted by molar-refractivity contribution is 0.415. The second kappa shape index (κ2) is 7.38. The van der Waals surface area contributed by atoms with Gasteiger partial charge in [0.2, 0.25) is 0 Å². The fourth-order valence-electron chi connectivity index (χ4n) is 3.39. The van der Waals surface area contributed by atoms with Gasteiger partial charge in [-0.15, -0.1) is 0 Å². The minimum Gasteiger partial charge on any atom is -0.508 e. The SMILES string of the molecule is COc1ccc(-c2cc(O)cc(-c3ccccc3)c2-c2ccccc2)cc1. The van der Waals surface area contributed by atoms with Crippen LogP contribution in [-0.4, -0.2) is 12.2 Å². The summed E-state index contributed by atoms with van der Waals surface area (Å²) in [5.41, 5.74) is 6.31. The van der Waals surface area contributed by atoms with Crippen LogP contribution in [0, 0.1) is 0 Å². The first kappa shape index (κ1) is 16.9. The molecule has 0 aliphatic carbocycles. The number of ether oxygens (including phenoxy) is 1. The highest BCUT2D eigenvalue weighted by molar-refractivity contribution is 5.95. The maximum absolute atomic E-state index is 10.5. The molecule has 0 heterocycles. The van der Waals surface area contributed by atoms with Crippen molar-refractivity contribution >= 4 is 0 Å². The average Bonchev–Trinajstić information content (AvgIpc) is 2.74. The van der Waals surface area contributed by atoms with Crippen LogP contribution in [0.5, 0.6) is 11.5 Å². The first-order chi connectivity index (χ1) is 13.3. The van der Waals surface area contributed by atoms with E-state index in [4.69, 9.17) is 4.74 Å². The largest absolute Gasteiger partial charge is 0.508 e. The van der Waals surface area contributed by atoms with Crippen LogP contribution in [-0.2, 0) is 0 Å². The molecule has 0 aromatic heterocycles. The van der Waals surface area contributed by atoms with Crippen LogP contribution in [0.3, 0.4) is 0 Å². The fraction of sp³-hybridized carbons (Fsp3) is 0.0400. The maximum atomic E-state index is 10.5. The summed E-state index contributed by atoms with van der Waals surface area (Å²) in [5, 5.41) is 10.5. The molecule has 132 valence electrons. The highest BCUT2D eigenvalue weighted by Crippen LogP contribution is 2.42. The van der Waals surface area contributed by atoms with Crippen molar-refractivity contribution in [1.29, 1.82) is 0 Å². The molecule has 1 N–H and O–H groups in total. The molecule has 0 aliphatic rings. The van der Waals surface area contributed by atoms with Gasteiger partial charge in [-0.2, -0.15) is 0 Å². The summed E-state index contributed by atoms with van der Waals surface area (Å²) in [6.45, 7) is 0. The lowest BCUT2D eigenvalue weighted by atomic mass is 9.87. The third-order valence-corrected chi connectivity index (χ3v) is 4.67. The van der Waals surface area contributed by atoms with E-state index < -0.39 is 0 Å². The van der Waals surface area contributed by atoms with Crippen LogP contribution in [0.2, 0.25) is 0 Å². The predicted molar refractivity (Wildman–Crippen MR) is 111 cm³/mol. The Labute approximate surface area is 159 Å². The number of methoxy groups -OCH3 is 1. The van der Waals surface area contributed by atoms with E-state index in [9.17, 15) is 5.11 Å². The van der Waals surface area contributed by atoms with E-state index in [0.717, 1.165) is 39.1 Å². The molecule has 2 heteroatoms. The van der Waals surface area contributed by atoms with Gasteiger partial charge in [-0.3, -0.25) is 0 Å². The Balaban J connectivity index is 2.01. The lowest BCUT2D eigenvalue weighted by Crippen LogP contribution is -1.91. The van der Waals surface area contributed by atoms with Crippen LogP contribution in [0.15, 0.2) is 97.1 Å². The molecule has 0 amide bonds. The third-order valence-electron chi connectivity index (χ3n) is 4.67. The van der Waals surface area contributed by atoms with Gasteiger partial charge in [0.25, 0.3) is 0 Å². The van der Waals surface area contributed by atoms with E-state index in [1.165, 1.54) is 0 Å². The minimum absolute atomic E-state index is 0.249. The smallest absolute Gasteiger partial charge is 0.118 e. The van der Waals surface area contributed by atoms with Gasteiger partial charge in [0, 0.05) is 0 Å². The van der Waals surface area contributed by atoms with Gasteiger partial charge in [-0.1, -0.05) is 72.8 Å². The third kappa shape index (κ3) is 3.42. The molecule has 0 aliphatic heterocycles. The second-order valence-corrected chi connectivity index (χ2v) is 6.38. The van der Waals surface area contributed by atoms with Gasteiger partial charge in [-0.05, 0) is 57.6 Å². The second-order valence-electron chi connectivity index (χ2n) is 6.38. The predicted octanol–water partition coefficient (Wildman–Crippen LogP) is 6.40. The van der Waals surface area contributed by atoms with Gasteiger partial charge >= 0.3 is 0 Å². The zero-order chi connectivity index (χ0) is 18.6. The summed E-state index contributed by atoms with van der Waals surface area (Å²) in [6, 6.07) is 32.1. The molecule has 0 atom stereocenters. The molecule has 2 nitrogen and oxygen atoms in total. The Morgan fingerprint density at radius 3 is 1.59 bits per heavy atom. The Bertz CT molecular complexity index is 1040. The highest BCUT2D eigenvalue weighted by Gasteiger charge is 2.16. The molecule has 0 unspecified atom stereocenters. The quantitative estimate of drug-likeness (QED) is 0.460. The van der Waals surface area contributed by atoms with Crippen molar-refractivity contribution in [2.24, 2.45) is 0 Å². The summed E-state index contributed by atoms with van der Waals surface area (Å²) in [7, 11) is 1.66. The van der Waals surface area contributed by atoms with Gasteiger partial charge < -0.3 is 9.84 Å². The standard InChI is InChI=1S/C25H20O2/c1-27-22-14-12-19(13-15-22)24-17-21(26)16-23(18-8-4-2-5-9-18)25(24)20-10-6-3-7-11-20/h2-17,26H,1H3. The van der Waals surface area contributed by atoms with E-state index in [1.807, 2.05) is 72.8 Å². The van der Waals surface area contributed by atoms with Crippen molar-refractivity contribution in [3.63, 3.8) is 0 Å². The summed E-state index contributed by atoms with van der Waals surface area (Å²) < 4.78 is 5.29. The van der Waals surface area contributed by atoms with Crippen molar-refractivity contribution in [3.8, 4) is 44.9 Å². The van der Waals surface area contributed by atoms with Gasteiger partial charge in [0.05, 0.1) is 7.11 Å². The molecule has 4 rings (SSSR count). The molecule has 0 spiro atoms. The zero-order valence-electron chi connectivity index (χ0n) is 15.1. The molecule has 0 fully saturated rings. The topological polar surface area (TPSA) is 29.5 Å². The molecule has 0 bridgehead atoms. The number of aromatic hydroxyl groups is 1. The summed E-state index contributed by atoms with van der Waals surface area (Å²) in [6.07, 6.45) is 0. The Kier molecular flexibility index (Phi) is 4.63. The summed E-state index contributed by atoms with van der Waals surface area (Å²) >= 11 is 0. The molecule has 4 aromatic carbocycles. The van der Waals surface area contributed by atoms with Crippen LogP contribution >= 0.6 is 0 Å². The van der Waals surface area contributed by atoms with Crippen LogP contribution < -0.4 is 4.74 Å². The van der Waals surface area contributed by atoms with Crippen molar-refractivity contribution in [2.45, 2.75) is 0 Å². The Morgan fingerprint density at radius 2 is 1.07 bits per heavy atom. The summed E-state index contributed by atoms with van der Waals surface area (Å²) in [4.78, 5) is 0. The number of phenolic OH excluding ortho intramolecular Hbond substituents is 1. The number of benzene rings is 4. The van der Waals surface area contributed by atoms with Crippen molar-refractivity contribution in [3.05, 3.63) is 97.1 Å². The molecule has 0 radical (unpaired) electrons. The number of rotatable bonds is 4. The lowest BCUT2D eigenvalue weighted by Gasteiger charge is -2.17.